The first-order valence-corrected chi connectivity index (χ1v) is 5.74. The van der Waals surface area contributed by atoms with Gasteiger partial charge in [-0.2, -0.15) is 5.10 Å². The van der Waals surface area contributed by atoms with Crippen molar-refractivity contribution >= 4 is 33.9 Å². The van der Waals surface area contributed by atoms with Crippen molar-refractivity contribution in [3.05, 3.63) is 34.5 Å². The van der Waals surface area contributed by atoms with Crippen molar-refractivity contribution in [1.82, 2.24) is 10.2 Å². The van der Waals surface area contributed by atoms with E-state index >= 15 is 0 Å². The maximum atomic E-state index is 11.7. The molecule has 5 heteroatoms. The van der Waals surface area contributed by atoms with E-state index in [4.69, 9.17) is 0 Å². The third kappa shape index (κ3) is 1.29. The number of nitrogens with one attached hydrogen (secondary N) is 2. The number of aromatic nitrogens is 2. The molecule has 0 bridgehead atoms. The minimum Gasteiger partial charge on any atom is -0.313 e. The van der Waals surface area contributed by atoms with E-state index in [0.717, 1.165) is 21.8 Å². The smallest absolute Gasteiger partial charge is 0.257 e. The van der Waals surface area contributed by atoms with Crippen LogP contribution in [-0.2, 0) is 4.79 Å². The lowest BCUT2D eigenvalue weighted by Gasteiger charge is -1.94. The Morgan fingerprint density at radius 1 is 1.50 bits per heavy atom. The fraction of sp³-hybridized carbons (Fsp3) is 0.0909. The third-order valence-corrected chi connectivity index (χ3v) is 3.43. The minimum absolute atomic E-state index is 0.0394. The lowest BCUT2D eigenvalue weighted by molar-refractivity contribution is -0.110. The minimum atomic E-state index is -0.0394. The number of hydrogen-bond donors (Lipinski definition) is 2. The number of aryl methyl sites for hydroxylation is 1. The molecule has 0 unspecified atom stereocenters. The van der Waals surface area contributed by atoms with Gasteiger partial charge in [0.2, 0.25) is 0 Å². The predicted molar refractivity (Wildman–Crippen MR) is 64.1 cm³/mol. The van der Waals surface area contributed by atoms with Crippen LogP contribution in [0.15, 0.2) is 17.6 Å². The molecular weight excluding hydrogens is 222 g/mol. The Bertz CT molecular complexity index is 594. The maximum absolute atomic E-state index is 11.7. The summed E-state index contributed by atoms with van der Waals surface area (Å²) >= 11 is 1.54. The summed E-state index contributed by atoms with van der Waals surface area (Å²) in [5, 5.41) is 12.5. The number of thiophene rings is 1. The second-order valence-electron chi connectivity index (χ2n) is 3.63. The van der Waals surface area contributed by atoms with Crippen LogP contribution >= 0.6 is 11.3 Å². The van der Waals surface area contributed by atoms with Gasteiger partial charge in [-0.15, -0.1) is 11.3 Å². The van der Waals surface area contributed by atoms with Gasteiger partial charge < -0.3 is 5.32 Å². The van der Waals surface area contributed by atoms with Crippen molar-refractivity contribution in [2.75, 3.05) is 5.32 Å². The number of fused-ring (bicyclic) bond motifs is 1. The van der Waals surface area contributed by atoms with E-state index in [2.05, 4.69) is 15.5 Å². The van der Waals surface area contributed by atoms with Crippen LogP contribution in [0.5, 0.6) is 0 Å². The summed E-state index contributed by atoms with van der Waals surface area (Å²) in [6.07, 6.45) is 3.59. The van der Waals surface area contributed by atoms with Crippen molar-refractivity contribution in [2.24, 2.45) is 0 Å². The Morgan fingerprint density at radius 2 is 2.38 bits per heavy atom. The van der Waals surface area contributed by atoms with Crippen molar-refractivity contribution in [2.45, 2.75) is 6.92 Å². The van der Waals surface area contributed by atoms with Gasteiger partial charge in [0.1, 0.15) is 5.00 Å². The van der Waals surface area contributed by atoms with Crippen molar-refractivity contribution in [1.29, 1.82) is 0 Å². The molecule has 4 nitrogen and oxygen atoms in total. The van der Waals surface area contributed by atoms with Gasteiger partial charge in [-0.1, -0.05) is 0 Å². The van der Waals surface area contributed by atoms with E-state index in [1.807, 2.05) is 24.4 Å². The number of hydrogen-bond acceptors (Lipinski definition) is 3. The van der Waals surface area contributed by atoms with E-state index < -0.39 is 0 Å². The van der Waals surface area contributed by atoms with E-state index in [1.54, 1.807) is 17.5 Å². The summed E-state index contributed by atoms with van der Waals surface area (Å²) in [4.78, 5) is 11.7. The van der Waals surface area contributed by atoms with Crippen LogP contribution in [-0.4, -0.2) is 16.1 Å². The second kappa shape index (κ2) is 3.31. The molecule has 0 fully saturated rings. The molecule has 2 aromatic heterocycles. The topological polar surface area (TPSA) is 57.8 Å². The van der Waals surface area contributed by atoms with Gasteiger partial charge in [0, 0.05) is 16.8 Å². The number of H-pyrrole nitrogens is 1. The third-order valence-electron chi connectivity index (χ3n) is 2.60. The summed E-state index contributed by atoms with van der Waals surface area (Å²) < 4.78 is 0. The molecule has 0 saturated heterocycles. The number of carbonyl (C=O) groups is 1. The molecule has 0 spiro atoms. The van der Waals surface area contributed by atoms with Gasteiger partial charge in [-0.05, 0) is 24.4 Å². The lowest BCUT2D eigenvalue weighted by atomic mass is 10.1. The Hall–Kier alpha value is -1.88. The van der Waals surface area contributed by atoms with Crippen molar-refractivity contribution in [3.8, 4) is 0 Å². The molecule has 0 aliphatic carbocycles. The zero-order valence-electron chi connectivity index (χ0n) is 8.57. The van der Waals surface area contributed by atoms with Gasteiger partial charge in [0.05, 0.1) is 11.8 Å². The van der Waals surface area contributed by atoms with Gasteiger partial charge in [-0.25, -0.2) is 0 Å². The lowest BCUT2D eigenvalue weighted by Crippen LogP contribution is -2.03. The molecule has 0 atom stereocenters. The first-order chi connectivity index (χ1) is 7.75. The van der Waals surface area contributed by atoms with Crippen LogP contribution in [0.4, 0.5) is 5.00 Å². The molecule has 1 aliphatic heterocycles. The van der Waals surface area contributed by atoms with E-state index in [0.29, 0.717) is 5.57 Å². The summed E-state index contributed by atoms with van der Waals surface area (Å²) in [6, 6.07) is 1.96. The molecule has 0 aromatic carbocycles. The summed E-state index contributed by atoms with van der Waals surface area (Å²) in [5.74, 6) is -0.0394. The zero-order chi connectivity index (χ0) is 11.1. The van der Waals surface area contributed by atoms with Gasteiger partial charge in [-0.3, -0.25) is 9.89 Å². The molecule has 0 saturated carbocycles. The average Bonchev–Trinajstić information content (AvgIpc) is 2.89. The highest BCUT2D eigenvalue weighted by atomic mass is 32.1. The number of amides is 1. The highest BCUT2D eigenvalue weighted by Gasteiger charge is 2.25. The standard InChI is InChI=1S/C11H9N3OS/c1-6-7(5-12-14-6)4-9-8-2-3-16-11(8)13-10(9)15/h2-5H,1H3,(H,12,14)(H,13,15). The monoisotopic (exact) mass is 231 g/mol. The Kier molecular flexibility index (Phi) is 1.94. The van der Waals surface area contributed by atoms with Crippen LogP contribution in [0.3, 0.4) is 0 Å². The quantitative estimate of drug-likeness (QED) is 0.740. The van der Waals surface area contributed by atoms with Crippen LogP contribution in [0.2, 0.25) is 0 Å². The van der Waals surface area contributed by atoms with Crippen LogP contribution in [0.1, 0.15) is 16.8 Å². The average molecular weight is 231 g/mol. The summed E-state index contributed by atoms with van der Waals surface area (Å²) in [5.41, 5.74) is 3.60. The van der Waals surface area contributed by atoms with Crippen molar-refractivity contribution < 1.29 is 4.79 Å². The SMILES string of the molecule is Cc1[nH]ncc1C=C1C(=O)Nc2sccc21. The maximum Gasteiger partial charge on any atom is 0.257 e. The Morgan fingerprint density at radius 3 is 3.12 bits per heavy atom. The van der Waals surface area contributed by atoms with Gasteiger partial charge >= 0.3 is 0 Å². The highest BCUT2D eigenvalue weighted by molar-refractivity contribution is 7.15. The van der Waals surface area contributed by atoms with Crippen molar-refractivity contribution in [3.63, 3.8) is 0 Å². The summed E-state index contributed by atoms with van der Waals surface area (Å²) in [6.45, 7) is 1.93. The fourth-order valence-corrected chi connectivity index (χ4v) is 2.51. The second-order valence-corrected chi connectivity index (χ2v) is 4.54. The number of aromatic amines is 1. The number of rotatable bonds is 1. The highest BCUT2D eigenvalue weighted by Crippen LogP contribution is 2.37. The first kappa shape index (κ1) is 9.35. The molecule has 3 rings (SSSR count). The van der Waals surface area contributed by atoms with Gasteiger partial charge in [0.15, 0.2) is 0 Å². The first-order valence-electron chi connectivity index (χ1n) is 4.86. The van der Waals surface area contributed by atoms with E-state index in [-0.39, 0.29) is 5.91 Å². The number of anilines is 1. The van der Waals surface area contributed by atoms with E-state index in [9.17, 15) is 4.79 Å². The molecule has 0 radical (unpaired) electrons. The van der Waals surface area contributed by atoms with Crippen LogP contribution in [0.25, 0.3) is 11.6 Å². The fourth-order valence-electron chi connectivity index (χ4n) is 1.72. The Labute approximate surface area is 96.0 Å². The van der Waals surface area contributed by atoms with Gasteiger partial charge in [0.25, 0.3) is 5.91 Å². The molecule has 2 aromatic rings. The molecular formula is C11H9N3OS. The largest absolute Gasteiger partial charge is 0.313 e. The molecule has 16 heavy (non-hydrogen) atoms. The van der Waals surface area contributed by atoms with Crippen LogP contribution < -0.4 is 5.32 Å². The molecule has 2 N–H and O–H groups in total. The number of carbonyl (C=O) groups excluding carboxylic acids is 1. The molecule has 1 amide bonds. The van der Waals surface area contributed by atoms with E-state index in [1.165, 1.54) is 0 Å². The normalized spacial score (nSPS) is 16.6. The Balaban J connectivity index is 2.11. The predicted octanol–water partition coefficient (Wildman–Crippen LogP) is 2.27. The zero-order valence-corrected chi connectivity index (χ0v) is 9.39. The van der Waals surface area contributed by atoms with Crippen LogP contribution in [0, 0.1) is 6.92 Å². The molecule has 80 valence electrons. The molecule has 1 aliphatic rings. The number of nitrogens with zero attached hydrogens (tertiary/aromatic N) is 1. The summed E-state index contributed by atoms with van der Waals surface area (Å²) in [7, 11) is 0. The molecule has 3 heterocycles.